The molecule has 2 fully saturated rings. The van der Waals surface area contributed by atoms with E-state index in [0.717, 1.165) is 58.2 Å². The molecule has 33 heavy (non-hydrogen) atoms. The number of benzene rings is 2. The Morgan fingerprint density at radius 1 is 0.939 bits per heavy atom. The van der Waals surface area contributed by atoms with Crippen molar-refractivity contribution in [2.45, 2.75) is 46.3 Å². The number of carbonyl (C=O) groups excluding carboxylic acids is 1. The molecule has 2 aliphatic heterocycles. The highest BCUT2D eigenvalue weighted by Crippen LogP contribution is 2.16. The summed E-state index contributed by atoms with van der Waals surface area (Å²) in [6, 6.07) is 17.3. The van der Waals surface area contributed by atoms with E-state index in [9.17, 15) is 4.79 Å². The van der Waals surface area contributed by atoms with Crippen LogP contribution >= 0.6 is 0 Å². The van der Waals surface area contributed by atoms with Gasteiger partial charge in [0.1, 0.15) is 0 Å². The average Bonchev–Trinajstić information content (AvgIpc) is 3.22. The highest BCUT2D eigenvalue weighted by Gasteiger charge is 2.21. The third kappa shape index (κ3) is 6.57. The number of aryl methyl sites for hydroxylation is 1. The van der Waals surface area contributed by atoms with Gasteiger partial charge in [-0.25, -0.2) is 4.99 Å². The highest BCUT2D eigenvalue weighted by atomic mass is 16.2. The van der Waals surface area contributed by atoms with Gasteiger partial charge in [-0.1, -0.05) is 54.1 Å². The van der Waals surface area contributed by atoms with Gasteiger partial charge in [0.2, 0.25) is 5.91 Å². The maximum absolute atomic E-state index is 12.0. The summed E-state index contributed by atoms with van der Waals surface area (Å²) in [5, 5.41) is 3.48. The van der Waals surface area contributed by atoms with Gasteiger partial charge in [-0.2, -0.15) is 0 Å². The summed E-state index contributed by atoms with van der Waals surface area (Å²) < 4.78 is 0. The quantitative estimate of drug-likeness (QED) is 0.522. The lowest BCUT2D eigenvalue weighted by molar-refractivity contribution is -0.128. The molecule has 0 saturated carbocycles. The van der Waals surface area contributed by atoms with Gasteiger partial charge in [0.15, 0.2) is 5.96 Å². The first-order valence-corrected chi connectivity index (χ1v) is 12.3. The summed E-state index contributed by atoms with van der Waals surface area (Å²) >= 11 is 0. The minimum absolute atomic E-state index is 0.273. The molecule has 2 aromatic rings. The lowest BCUT2D eigenvalue weighted by Gasteiger charge is -2.36. The first-order valence-electron chi connectivity index (χ1n) is 12.3. The number of aliphatic imine (C=N–C) groups is 1. The molecule has 4 rings (SSSR count). The largest absolute Gasteiger partial charge is 0.357 e. The molecule has 0 aromatic heterocycles. The summed E-state index contributed by atoms with van der Waals surface area (Å²) in [4.78, 5) is 23.8. The predicted molar refractivity (Wildman–Crippen MR) is 134 cm³/mol. The van der Waals surface area contributed by atoms with Crippen molar-refractivity contribution in [3.8, 4) is 0 Å². The van der Waals surface area contributed by atoms with E-state index in [-0.39, 0.29) is 5.91 Å². The van der Waals surface area contributed by atoms with Crippen molar-refractivity contribution in [2.75, 3.05) is 39.3 Å². The smallest absolute Gasteiger partial charge is 0.222 e. The summed E-state index contributed by atoms with van der Waals surface area (Å²) in [6.07, 6.45) is 1.67. The summed E-state index contributed by atoms with van der Waals surface area (Å²) in [6.45, 7) is 12.4. The van der Waals surface area contributed by atoms with Crippen LogP contribution in [-0.2, 0) is 24.4 Å². The Balaban J connectivity index is 1.33. The first-order chi connectivity index (χ1) is 16.1. The van der Waals surface area contributed by atoms with E-state index >= 15 is 0 Å². The Morgan fingerprint density at radius 3 is 2.36 bits per heavy atom. The molecule has 0 radical (unpaired) electrons. The van der Waals surface area contributed by atoms with E-state index in [0.29, 0.717) is 19.5 Å². The number of nitrogens with one attached hydrogen (secondary N) is 1. The number of likely N-dealkylation sites (tertiary alicyclic amines) is 1. The van der Waals surface area contributed by atoms with Crippen LogP contribution in [0, 0.1) is 6.92 Å². The second kappa shape index (κ2) is 11.3. The first kappa shape index (κ1) is 23.3. The van der Waals surface area contributed by atoms with Crippen LogP contribution in [0.25, 0.3) is 0 Å². The van der Waals surface area contributed by atoms with E-state index in [1.807, 2.05) is 4.90 Å². The van der Waals surface area contributed by atoms with Crippen molar-refractivity contribution in [3.05, 3.63) is 70.8 Å². The molecule has 0 atom stereocenters. The van der Waals surface area contributed by atoms with Gasteiger partial charge in [0.05, 0.1) is 6.54 Å². The number of piperazine rings is 1. The van der Waals surface area contributed by atoms with Crippen molar-refractivity contribution >= 4 is 11.9 Å². The van der Waals surface area contributed by atoms with Crippen molar-refractivity contribution < 1.29 is 4.79 Å². The Labute approximate surface area is 198 Å². The van der Waals surface area contributed by atoms with Crippen molar-refractivity contribution in [1.29, 1.82) is 0 Å². The molecule has 0 unspecified atom stereocenters. The van der Waals surface area contributed by atoms with Crippen LogP contribution in [0.15, 0.2) is 53.5 Å². The summed E-state index contributed by atoms with van der Waals surface area (Å²) in [7, 11) is 0. The number of amides is 1. The van der Waals surface area contributed by atoms with E-state index in [1.165, 1.54) is 22.3 Å². The van der Waals surface area contributed by atoms with Crippen molar-refractivity contribution in [2.24, 2.45) is 4.99 Å². The molecular formula is C27H37N5O. The maximum Gasteiger partial charge on any atom is 0.222 e. The molecular weight excluding hydrogens is 410 g/mol. The Morgan fingerprint density at radius 2 is 1.67 bits per heavy atom. The molecule has 2 heterocycles. The molecule has 1 amide bonds. The molecule has 6 heteroatoms. The number of guanidine groups is 1. The zero-order chi connectivity index (χ0) is 23.0. The third-order valence-electron chi connectivity index (χ3n) is 6.44. The van der Waals surface area contributed by atoms with Crippen molar-refractivity contribution in [1.82, 2.24) is 20.0 Å². The second-order valence-corrected chi connectivity index (χ2v) is 9.16. The average molecular weight is 448 g/mol. The standard InChI is InChI=1S/C27H37N5O/c1-3-28-27(31-15-13-30(14-16-31)20-24-9-4-7-22(2)17-24)29-19-23-8-5-10-25(18-23)21-32-12-6-11-26(32)33/h4-5,7-10,17-18H,3,6,11-16,19-21H2,1-2H3,(H,28,29). The third-order valence-corrected chi connectivity index (χ3v) is 6.44. The van der Waals surface area contributed by atoms with Crippen LogP contribution in [0.5, 0.6) is 0 Å². The molecule has 0 spiro atoms. The maximum atomic E-state index is 12.0. The van der Waals surface area contributed by atoms with Crippen molar-refractivity contribution in [3.63, 3.8) is 0 Å². The number of carbonyl (C=O) groups is 1. The number of nitrogens with zero attached hydrogens (tertiary/aromatic N) is 4. The van der Waals surface area contributed by atoms with E-state index in [2.05, 4.69) is 77.5 Å². The minimum atomic E-state index is 0.273. The van der Waals surface area contributed by atoms with Gasteiger partial charge < -0.3 is 15.1 Å². The molecule has 2 aromatic carbocycles. The lowest BCUT2D eigenvalue weighted by atomic mass is 10.1. The second-order valence-electron chi connectivity index (χ2n) is 9.16. The van der Waals surface area contributed by atoms with Crippen LogP contribution in [0.4, 0.5) is 0 Å². The summed E-state index contributed by atoms with van der Waals surface area (Å²) in [5.41, 5.74) is 5.09. The van der Waals surface area contributed by atoms with E-state index in [1.54, 1.807) is 0 Å². The Kier molecular flexibility index (Phi) is 8.00. The highest BCUT2D eigenvalue weighted by molar-refractivity contribution is 5.80. The van der Waals surface area contributed by atoms with Crippen LogP contribution < -0.4 is 5.32 Å². The van der Waals surface area contributed by atoms with Crippen LogP contribution in [-0.4, -0.2) is 65.8 Å². The molecule has 176 valence electrons. The van der Waals surface area contributed by atoms with Crippen LogP contribution in [0.3, 0.4) is 0 Å². The lowest BCUT2D eigenvalue weighted by Crippen LogP contribution is -2.52. The normalized spacial score (nSPS) is 17.6. The Bertz CT molecular complexity index is 964. The molecule has 2 aliphatic rings. The van der Waals surface area contributed by atoms with E-state index in [4.69, 9.17) is 4.99 Å². The van der Waals surface area contributed by atoms with Gasteiger partial charge in [-0.15, -0.1) is 0 Å². The molecule has 6 nitrogen and oxygen atoms in total. The molecule has 2 saturated heterocycles. The fourth-order valence-electron chi connectivity index (χ4n) is 4.70. The van der Waals surface area contributed by atoms with Gasteiger partial charge in [-0.05, 0) is 37.0 Å². The SMILES string of the molecule is CCNC(=NCc1cccc(CN2CCCC2=O)c1)N1CCN(Cc2cccc(C)c2)CC1. The molecule has 1 N–H and O–H groups in total. The van der Waals surface area contributed by atoms with Gasteiger partial charge in [0.25, 0.3) is 0 Å². The monoisotopic (exact) mass is 447 g/mol. The summed E-state index contributed by atoms with van der Waals surface area (Å²) in [5.74, 6) is 1.27. The van der Waals surface area contributed by atoms with Crippen LogP contribution in [0.2, 0.25) is 0 Å². The predicted octanol–water partition coefficient (Wildman–Crippen LogP) is 3.40. The topological polar surface area (TPSA) is 51.2 Å². The van der Waals surface area contributed by atoms with Gasteiger partial charge in [-0.3, -0.25) is 9.69 Å². The fourth-order valence-corrected chi connectivity index (χ4v) is 4.70. The number of rotatable bonds is 7. The van der Waals surface area contributed by atoms with Gasteiger partial charge >= 0.3 is 0 Å². The Hall–Kier alpha value is -2.86. The zero-order valence-electron chi connectivity index (χ0n) is 20.1. The molecule has 0 bridgehead atoms. The number of hydrogen-bond donors (Lipinski definition) is 1. The minimum Gasteiger partial charge on any atom is -0.357 e. The van der Waals surface area contributed by atoms with Crippen LogP contribution in [0.1, 0.15) is 42.0 Å². The molecule has 0 aliphatic carbocycles. The fraction of sp³-hybridized carbons (Fsp3) is 0.481. The van der Waals surface area contributed by atoms with Gasteiger partial charge in [0, 0.05) is 58.8 Å². The zero-order valence-corrected chi connectivity index (χ0v) is 20.1. The number of hydrogen-bond acceptors (Lipinski definition) is 3. The van der Waals surface area contributed by atoms with E-state index < -0.39 is 0 Å².